The predicted octanol–water partition coefficient (Wildman–Crippen LogP) is -0.311. The molecule has 0 amide bonds. The van der Waals surface area contributed by atoms with E-state index in [-0.39, 0.29) is 29.9 Å². The van der Waals surface area contributed by atoms with Crippen molar-refractivity contribution in [3.8, 4) is 0 Å². The molecule has 0 atom stereocenters. The summed E-state index contributed by atoms with van der Waals surface area (Å²) >= 11 is 0. The molecule has 0 aliphatic heterocycles. The Balaban J connectivity index is 0.00000144. The molecule has 0 bridgehead atoms. The topological polar surface area (TPSA) is 95.1 Å². The van der Waals surface area contributed by atoms with Gasteiger partial charge in [-0.3, -0.25) is 0 Å². The second-order valence-electron chi connectivity index (χ2n) is 2.23. The van der Waals surface area contributed by atoms with Crippen LogP contribution in [0.15, 0.2) is 11.3 Å². The van der Waals surface area contributed by atoms with E-state index in [0.29, 0.717) is 6.54 Å². The van der Waals surface area contributed by atoms with Crippen molar-refractivity contribution in [3.63, 3.8) is 0 Å². The lowest BCUT2D eigenvalue weighted by molar-refractivity contribution is 0.616. The molecule has 0 saturated heterocycles. The Kier molecular flexibility index (Phi) is 5.35. The van der Waals surface area contributed by atoms with Crippen LogP contribution in [0.4, 0.5) is 0 Å². The van der Waals surface area contributed by atoms with Crippen molar-refractivity contribution in [1.29, 1.82) is 0 Å². The van der Waals surface area contributed by atoms with Gasteiger partial charge in [-0.05, 0) is 6.92 Å². The summed E-state index contributed by atoms with van der Waals surface area (Å²) in [6.45, 7) is 3.14. The van der Waals surface area contributed by atoms with Crippen LogP contribution in [-0.4, -0.2) is 20.7 Å². The van der Waals surface area contributed by atoms with Crippen LogP contribution in [0.3, 0.4) is 0 Å². The Morgan fingerprint density at radius 2 is 2.31 bits per heavy atom. The van der Waals surface area contributed by atoms with E-state index in [1.54, 1.807) is 4.68 Å². The van der Waals surface area contributed by atoms with E-state index in [1.807, 2.05) is 6.92 Å². The van der Waals surface area contributed by atoms with Crippen LogP contribution < -0.4 is 11.5 Å². The summed E-state index contributed by atoms with van der Waals surface area (Å²) < 4.78 is 1.74. The van der Waals surface area contributed by atoms with Gasteiger partial charge in [0.1, 0.15) is 18.7 Å². The van der Waals surface area contributed by atoms with Crippen LogP contribution >= 0.6 is 24.0 Å². The van der Waals surface area contributed by atoms with E-state index in [9.17, 15) is 0 Å². The third kappa shape index (κ3) is 3.57. The van der Waals surface area contributed by atoms with Gasteiger partial charge in [-0.15, -0.1) is 24.0 Å². The first kappa shape index (κ1) is 12.1. The number of hydrogen-bond acceptors (Lipinski definition) is 3. The monoisotopic (exact) mass is 296 g/mol. The van der Waals surface area contributed by atoms with E-state index >= 15 is 0 Å². The van der Waals surface area contributed by atoms with Crippen molar-refractivity contribution >= 4 is 29.9 Å². The predicted molar refractivity (Wildman–Crippen MR) is 60.6 cm³/mol. The van der Waals surface area contributed by atoms with Crippen molar-refractivity contribution in [2.45, 2.75) is 20.0 Å². The van der Waals surface area contributed by atoms with E-state index < -0.39 is 0 Å². The number of guanidine groups is 1. The highest BCUT2D eigenvalue weighted by molar-refractivity contribution is 14.0. The molecule has 0 fully saturated rings. The molecule has 1 rings (SSSR count). The second-order valence-corrected chi connectivity index (χ2v) is 2.23. The second kappa shape index (κ2) is 5.73. The molecule has 74 valence electrons. The first-order chi connectivity index (χ1) is 5.74. The van der Waals surface area contributed by atoms with Gasteiger partial charge < -0.3 is 11.5 Å². The van der Waals surface area contributed by atoms with Crippen molar-refractivity contribution < 1.29 is 0 Å². The van der Waals surface area contributed by atoms with Crippen molar-refractivity contribution in [1.82, 2.24) is 14.8 Å². The number of hydrogen-bond donors (Lipinski definition) is 2. The third-order valence-electron chi connectivity index (χ3n) is 1.40. The zero-order chi connectivity index (χ0) is 8.97. The van der Waals surface area contributed by atoms with Crippen molar-refractivity contribution in [2.75, 3.05) is 0 Å². The summed E-state index contributed by atoms with van der Waals surface area (Å²) in [6, 6.07) is 0. The van der Waals surface area contributed by atoms with Crippen LogP contribution in [0, 0.1) is 0 Å². The van der Waals surface area contributed by atoms with E-state index in [4.69, 9.17) is 11.5 Å². The first-order valence-corrected chi connectivity index (χ1v) is 3.66. The molecule has 1 heterocycles. The highest BCUT2D eigenvalue weighted by atomic mass is 127. The average molecular weight is 296 g/mol. The van der Waals surface area contributed by atoms with Crippen LogP contribution in [0.25, 0.3) is 0 Å². The molecule has 0 aliphatic carbocycles. The maximum absolute atomic E-state index is 5.17. The van der Waals surface area contributed by atoms with E-state index in [2.05, 4.69) is 15.1 Å². The zero-order valence-electron chi connectivity index (χ0n) is 7.34. The SMILES string of the molecule is CCn1ncnc1CN=C(N)N.I. The van der Waals surface area contributed by atoms with Crippen molar-refractivity contribution in [3.05, 3.63) is 12.2 Å². The molecule has 0 spiro atoms. The number of halogens is 1. The fraction of sp³-hybridized carbons (Fsp3) is 0.500. The highest BCUT2D eigenvalue weighted by Crippen LogP contribution is 1.94. The number of aromatic nitrogens is 3. The largest absolute Gasteiger partial charge is 0.370 e. The van der Waals surface area contributed by atoms with Gasteiger partial charge in [-0.25, -0.2) is 14.7 Å². The molecular formula is C6H13IN6. The van der Waals surface area contributed by atoms with E-state index in [1.165, 1.54) is 6.33 Å². The lowest BCUT2D eigenvalue weighted by Crippen LogP contribution is -2.23. The molecule has 0 saturated carbocycles. The standard InChI is InChI=1S/C6H12N6.HI/c1-2-12-5(10-4-11-12)3-9-6(7)8;/h4H,2-3H2,1H3,(H4,7,8,9);1H. The quantitative estimate of drug-likeness (QED) is 0.454. The van der Waals surface area contributed by atoms with Gasteiger partial charge in [0, 0.05) is 6.54 Å². The summed E-state index contributed by atoms with van der Waals surface area (Å²) in [5.74, 6) is 0.839. The van der Waals surface area contributed by atoms with Crippen LogP contribution in [0.5, 0.6) is 0 Å². The fourth-order valence-corrected chi connectivity index (χ4v) is 0.837. The first-order valence-electron chi connectivity index (χ1n) is 3.66. The van der Waals surface area contributed by atoms with Crippen LogP contribution in [0.2, 0.25) is 0 Å². The minimum atomic E-state index is 0. The average Bonchev–Trinajstić information content (AvgIpc) is 2.47. The molecule has 13 heavy (non-hydrogen) atoms. The Labute approximate surface area is 93.4 Å². The number of rotatable bonds is 3. The normalized spacial score (nSPS) is 9.00. The summed E-state index contributed by atoms with van der Waals surface area (Å²) in [6.07, 6.45) is 1.49. The molecule has 7 heteroatoms. The highest BCUT2D eigenvalue weighted by Gasteiger charge is 1.99. The molecule has 1 aromatic rings. The molecule has 4 N–H and O–H groups in total. The number of nitrogens with zero attached hydrogens (tertiary/aromatic N) is 4. The van der Waals surface area contributed by atoms with Gasteiger partial charge in [-0.1, -0.05) is 0 Å². The fourth-order valence-electron chi connectivity index (χ4n) is 0.837. The minimum Gasteiger partial charge on any atom is -0.370 e. The maximum Gasteiger partial charge on any atom is 0.186 e. The molecular weight excluding hydrogens is 283 g/mol. The Bertz CT molecular complexity index is 276. The lowest BCUT2D eigenvalue weighted by atomic mass is 10.6. The summed E-state index contributed by atoms with van der Waals surface area (Å²) in [4.78, 5) is 7.82. The summed E-state index contributed by atoms with van der Waals surface area (Å²) in [5.41, 5.74) is 10.3. The number of aryl methyl sites for hydroxylation is 1. The maximum atomic E-state index is 5.17. The summed E-state index contributed by atoms with van der Waals surface area (Å²) in [5, 5.41) is 3.97. The van der Waals surface area contributed by atoms with Gasteiger partial charge in [0.25, 0.3) is 0 Å². The molecule has 0 unspecified atom stereocenters. The number of aliphatic imine (C=N–C) groups is 1. The lowest BCUT2D eigenvalue weighted by Gasteiger charge is -1.98. The third-order valence-corrected chi connectivity index (χ3v) is 1.40. The van der Waals surface area contributed by atoms with Crippen LogP contribution in [-0.2, 0) is 13.1 Å². The Morgan fingerprint density at radius 1 is 1.62 bits per heavy atom. The zero-order valence-corrected chi connectivity index (χ0v) is 9.67. The van der Waals surface area contributed by atoms with E-state index in [0.717, 1.165) is 12.4 Å². The van der Waals surface area contributed by atoms with Gasteiger partial charge >= 0.3 is 0 Å². The molecule has 1 aromatic heterocycles. The van der Waals surface area contributed by atoms with Crippen LogP contribution in [0.1, 0.15) is 12.7 Å². The van der Waals surface area contributed by atoms with Gasteiger partial charge in [0.15, 0.2) is 5.96 Å². The van der Waals surface area contributed by atoms with Gasteiger partial charge in [-0.2, -0.15) is 5.10 Å². The molecule has 6 nitrogen and oxygen atoms in total. The van der Waals surface area contributed by atoms with Gasteiger partial charge in [0.05, 0.1) is 0 Å². The smallest absolute Gasteiger partial charge is 0.186 e. The Hall–Kier alpha value is -0.860. The van der Waals surface area contributed by atoms with Gasteiger partial charge in [0.2, 0.25) is 0 Å². The Morgan fingerprint density at radius 3 is 2.85 bits per heavy atom. The molecule has 0 radical (unpaired) electrons. The summed E-state index contributed by atoms with van der Waals surface area (Å²) in [7, 11) is 0. The molecule has 0 aliphatic rings. The van der Waals surface area contributed by atoms with Crippen molar-refractivity contribution in [2.24, 2.45) is 16.5 Å². The number of nitrogens with two attached hydrogens (primary N) is 2. The minimum absolute atomic E-state index is 0. The molecule has 0 aromatic carbocycles.